The standard InChI is InChI=1S/C56H90O6/c1-4-7-10-13-16-19-22-25-27-29-31-34-37-40-43-46-49-55(58)61-52-53(51-60-54(57)48-45-42-39-36-33-30-24-21-18-15-12-9-6-3)62-56(59)50-47-44-41-38-35-32-28-26-23-20-17-14-11-8-5-2/h7-8,10-11,14,16-17,19-20,23,25,27,30-31,33-34,39,42,53H,4-6,9,12-13,15,18,21-22,24,26,28-29,32,35-38,40-41,43-52H2,1-3H3/b10-7+,11-8+,17-14+,19-16+,23-20+,27-25+,33-30+,34-31+,42-39+. The summed E-state index contributed by atoms with van der Waals surface area (Å²) < 4.78 is 16.7. The van der Waals surface area contributed by atoms with E-state index in [1.807, 2.05) is 6.08 Å². The molecule has 0 saturated carbocycles. The number of rotatable bonds is 43. The third kappa shape index (κ3) is 47.1. The van der Waals surface area contributed by atoms with Gasteiger partial charge in [-0.25, -0.2) is 0 Å². The minimum Gasteiger partial charge on any atom is -0.462 e. The van der Waals surface area contributed by atoms with Crippen LogP contribution >= 0.6 is 0 Å². The molecule has 1 unspecified atom stereocenters. The average molecular weight is 859 g/mol. The summed E-state index contributed by atoms with van der Waals surface area (Å²) in [5, 5.41) is 0. The molecule has 6 nitrogen and oxygen atoms in total. The minimum absolute atomic E-state index is 0.119. The molecular weight excluding hydrogens is 769 g/mol. The van der Waals surface area contributed by atoms with E-state index in [2.05, 4.69) is 124 Å². The number of unbranched alkanes of at least 4 members (excludes halogenated alkanes) is 16. The molecule has 0 heterocycles. The molecular formula is C56H90O6. The van der Waals surface area contributed by atoms with Gasteiger partial charge in [0.2, 0.25) is 0 Å². The van der Waals surface area contributed by atoms with Gasteiger partial charge in [0.05, 0.1) is 0 Å². The van der Waals surface area contributed by atoms with Gasteiger partial charge in [0, 0.05) is 19.3 Å². The van der Waals surface area contributed by atoms with Crippen LogP contribution in [0, 0.1) is 0 Å². The predicted molar refractivity (Wildman–Crippen MR) is 265 cm³/mol. The molecule has 1 atom stereocenters. The van der Waals surface area contributed by atoms with E-state index in [9.17, 15) is 14.4 Å². The summed E-state index contributed by atoms with van der Waals surface area (Å²) in [6.45, 7) is 6.28. The molecule has 0 amide bonds. The molecule has 6 heteroatoms. The molecule has 0 aliphatic heterocycles. The normalized spacial score (nSPS) is 13.0. The molecule has 0 radical (unpaired) electrons. The Balaban J connectivity index is 4.54. The summed E-state index contributed by atoms with van der Waals surface area (Å²) in [6.07, 6.45) is 66.5. The number of hydrogen-bond donors (Lipinski definition) is 0. The Hall–Kier alpha value is -3.93. The Morgan fingerprint density at radius 3 is 1.27 bits per heavy atom. The van der Waals surface area contributed by atoms with E-state index in [1.54, 1.807) is 0 Å². The van der Waals surface area contributed by atoms with Gasteiger partial charge in [0.1, 0.15) is 13.2 Å². The summed E-state index contributed by atoms with van der Waals surface area (Å²) in [6, 6.07) is 0. The molecule has 0 saturated heterocycles. The molecule has 0 spiro atoms. The van der Waals surface area contributed by atoms with E-state index in [4.69, 9.17) is 14.2 Å². The second-order valence-electron chi connectivity index (χ2n) is 16.0. The highest BCUT2D eigenvalue weighted by molar-refractivity contribution is 5.71. The number of ether oxygens (including phenoxy) is 3. The van der Waals surface area contributed by atoms with Crippen LogP contribution in [-0.2, 0) is 28.6 Å². The summed E-state index contributed by atoms with van der Waals surface area (Å²) >= 11 is 0. The lowest BCUT2D eigenvalue weighted by molar-refractivity contribution is -0.166. The van der Waals surface area contributed by atoms with Crippen molar-refractivity contribution in [1.29, 1.82) is 0 Å². The van der Waals surface area contributed by atoms with Crippen molar-refractivity contribution in [3.05, 3.63) is 109 Å². The average Bonchev–Trinajstić information content (AvgIpc) is 3.27. The van der Waals surface area contributed by atoms with Crippen LogP contribution in [0.4, 0.5) is 0 Å². The molecule has 0 aromatic heterocycles. The maximum Gasteiger partial charge on any atom is 0.306 e. The number of allylic oxidation sites excluding steroid dienone is 18. The molecule has 0 rings (SSSR count). The van der Waals surface area contributed by atoms with Gasteiger partial charge in [-0.05, 0) is 96.3 Å². The highest BCUT2D eigenvalue weighted by Gasteiger charge is 2.19. The Morgan fingerprint density at radius 1 is 0.355 bits per heavy atom. The molecule has 0 aliphatic rings. The van der Waals surface area contributed by atoms with Gasteiger partial charge in [0.15, 0.2) is 6.10 Å². The molecule has 62 heavy (non-hydrogen) atoms. The van der Waals surface area contributed by atoms with E-state index in [0.29, 0.717) is 19.3 Å². The maximum absolute atomic E-state index is 12.8. The van der Waals surface area contributed by atoms with Crippen LogP contribution in [0.1, 0.15) is 207 Å². The van der Waals surface area contributed by atoms with Crippen LogP contribution in [0.3, 0.4) is 0 Å². The zero-order valence-corrected chi connectivity index (χ0v) is 39.8. The van der Waals surface area contributed by atoms with Crippen molar-refractivity contribution in [2.45, 2.75) is 213 Å². The van der Waals surface area contributed by atoms with Gasteiger partial charge in [-0.15, -0.1) is 0 Å². The van der Waals surface area contributed by atoms with Crippen LogP contribution in [0.2, 0.25) is 0 Å². The lowest BCUT2D eigenvalue weighted by Gasteiger charge is -2.18. The van der Waals surface area contributed by atoms with Crippen LogP contribution in [0.5, 0.6) is 0 Å². The monoisotopic (exact) mass is 859 g/mol. The van der Waals surface area contributed by atoms with Crippen LogP contribution < -0.4 is 0 Å². The van der Waals surface area contributed by atoms with Gasteiger partial charge < -0.3 is 14.2 Å². The van der Waals surface area contributed by atoms with Crippen molar-refractivity contribution < 1.29 is 28.6 Å². The second kappa shape index (κ2) is 49.7. The van der Waals surface area contributed by atoms with Crippen molar-refractivity contribution in [3.63, 3.8) is 0 Å². The van der Waals surface area contributed by atoms with Crippen molar-refractivity contribution in [3.8, 4) is 0 Å². The Bertz CT molecular complexity index is 1310. The van der Waals surface area contributed by atoms with Crippen molar-refractivity contribution in [2.75, 3.05) is 13.2 Å². The first-order valence-corrected chi connectivity index (χ1v) is 24.9. The zero-order valence-electron chi connectivity index (χ0n) is 39.8. The molecule has 0 fully saturated rings. The molecule has 350 valence electrons. The number of carbonyl (C=O) groups is 3. The third-order valence-corrected chi connectivity index (χ3v) is 10.1. The number of hydrogen-bond acceptors (Lipinski definition) is 6. The van der Waals surface area contributed by atoms with E-state index < -0.39 is 6.10 Å². The van der Waals surface area contributed by atoms with Crippen molar-refractivity contribution >= 4 is 17.9 Å². The van der Waals surface area contributed by atoms with Gasteiger partial charge in [-0.2, -0.15) is 0 Å². The molecule has 0 bridgehead atoms. The van der Waals surface area contributed by atoms with Crippen molar-refractivity contribution in [2.24, 2.45) is 0 Å². The fourth-order valence-corrected chi connectivity index (χ4v) is 6.37. The highest BCUT2D eigenvalue weighted by atomic mass is 16.6. The fourth-order valence-electron chi connectivity index (χ4n) is 6.37. The van der Waals surface area contributed by atoms with E-state index in [0.717, 1.165) is 103 Å². The quantitative estimate of drug-likeness (QED) is 0.0200. The number of carbonyl (C=O) groups excluding carboxylic acids is 3. The van der Waals surface area contributed by atoms with Gasteiger partial charge in [-0.3, -0.25) is 14.4 Å². The SMILES string of the molecule is CC/C=C/C=C/C=C/CCCCCCCCCC(=O)OC(COC(=O)CC/C=C/C/C=C/CCCCCCCC)COC(=O)CCCCC/C=C/C/C=C/C/C=C/C/C=C/CC. The van der Waals surface area contributed by atoms with E-state index in [-0.39, 0.29) is 37.5 Å². The van der Waals surface area contributed by atoms with Crippen LogP contribution in [0.25, 0.3) is 0 Å². The predicted octanol–water partition coefficient (Wildman–Crippen LogP) is 16.4. The van der Waals surface area contributed by atoms with Gasteiger partial charge in [-0.1, -0.05) is 201 Å². The molecule has 0 aliphatic carbocycles. The Morgan fingerprint density at radius 2 is 0.742 bits per heavy atom. The summed E-state index contributed by atoms with van der Waals surface area (Å²) in [5.74, 6) is -1.04. The first-order chi connectivity index (χ1) is 30.5. The smallest absolute Gasteiger partial charge is 0.306 e. The lowest BCUT2D eigenvalue weighted by atomic mass is 10.1. The second-order valence-corrected chi connectivity index (χ2v) is 16.0. The first kappa shape index (κ1) is 58.1. The first-order valence-electron chi connectivity index (χ1n) is 24.9. The van der Waals surface area contributed by atoms with E-state index >= 15 is 0 Å². The Kier molecular flexibility index (Phi) is 46.6. The summed E-state index contributed by atoms with van der Waals surface area (Å²) in [5.41, 5.74) is 0. The molecule has 0 N–H and O–H groups in total. The highest BCUT2D eigenvalue weighted by Crippen LogP contribution is 2.13. The largest absolute Gasteiger partial charge is 0.462 e. The fraction of sp³-hybridized carbons (Fsp3) is 0.625. The molecule has 0 aromatic rings. The third-order valence-electron chi connectivity index (χ3n) is 10.1. The lowest BCUT2D eigenvalue weighted by Crippen LogP contribution is -2.30. The Labute approximate surface area is 380 Å². The number of esters is 3. The van der Waals surface area contributed by atoms with Gasteiger partial charge in [0.25, 0.3) is 0 Å². The van der Waals surface area contributed by atoms with Gasteiger partial charge >= 0.3 is 17.9 Å². The minimum atomic E-state index is -0.821. The topological polar surface area (TPSA) is 78.9 Å². The summed E-state index contributed by atoms with van der Waals surface area (Å²) in [4.78, 5) is 37.9. The van der Waals surface area contributed by atoms with Crippen molar-refractivity contribution in [1.82, 2.24) is 0 Å². The van der Waals surface area contributed by atoms with E-state index in [1.165, 1.54) is 57.8 Å². The molecule has 0 aromatic carbocycles. The summed E-state index contributed by atoms with van der Waals surface area (Å²) in [7, 11) is 0. The maximum atomic E-state index is 12.8. The van der Waals surface area contributed by atoms with Crippen LogP contribution in [0.15, 0.2) is 109 Å². The van der Waals surface area contributed by atoms with Crippen LogP contribution in [-0.4, -0.2) is 37.2 Å². The zero-order chi connectivity index (χ0) is 45.1.